The molecule has 0 aromatic heterocycles. The first-order valence-electron chi connectivity index (χ1n) is 3.43. The summed E-state index contributed by atoms with van der Waals surface area (Å²) in [5, 5.41) is 19.3. The second-order valence-electron chi connectivity index (χ2n) is 1.88. The number of hydrogen-bond acceptors (Lipinski definition) is 6. The van der Waals surface area contributed by atoms with Crippen LogP contribution in [0.1, 0.15) is 0 Å². The van der Waals surface area contributed by atoms with Crippen molar-refractivity contribution < 1.29 is 14.8 Å². The fourth-order valence-corrected chi connectivity index (χ4v) is 0.500. The van der Waals surface area contributed by atoms with E-state index in [0.29, 0.717) is 19.6 Å². The zero-order valence-electron chi connectivity index (χ0n) is 6.29. The van der Waals surface area contributed by atoms with Crippen LogP contribution in [-0.2, 0) is 4.76 Å². The molecule has 0 heterocycles. The fraction of sp³-hybridized carbons (Fsp3) is 1.00. The monoisotopic (exact) mass is 187 g/mol. The van der Waals surface area contributed by atoms with Crippen molar-refractivity contribution in [3.8, 4) is 0 Å². The fourth-order valence-electron chi connectivity index (χ4n) is 0.500. The van der Waals surface area contributed by atoms with Crippen LogP contribution in [0, 0.1) is 0 Å². The van der Waals surface area contributed by atoms with E-state index >= 15 is 0 Å². The van der Waals surface area contributed by atoms with E-state index in [0.717, 1.165) is 6.54 Å². The van der Waals surface area contributed by atoms with Gasteiger partial charge in [0.2, 0.25) is 0 Å². The van der Waals surface area contributed by atoms with E-state index in [1.807, 2.05) is 0 Å². The van der Waals surface area contributed by atoms with Gasteiger partial charge in [0.1, 0.15) is 0 Å². The van der Waals surface area contributed by atoms with E-state index in [2.05, 4.69) is 15.6 Å². The predicted molar refractivity (Wildman–Crippen MR) is 48.4 cm³/mol. The van der Waals surface area contributed by atoms with Gasteiger partial charge in [-0.05, 0) is 0 Å². The zero-order chi connectivity index (χ0) is 8.53. The van der Waals surface area contributed by atoms with Crippen LogP contribution in [-0.4, -0.2) is 73.1 Å². The Hall–Kier alpha value is 0.825. The maximum atomic E-state index is 8.19. The van der Waals surface area contributed by atoms with Crippen LogP contribution in [0.25, 0.3) is 0 Å². The van der Waals surface area contributed by atoms with E-state index in [9.17, 15) is 0 Å². The van der Waals surface area contributed by atoms with Gasteiger partial charge >= 0.3 is 36.9 Å². The molecule has 12 heavy (non-hydrogen) atoms. The summed E-state index contributed by atoms with van der Waals surface area (Å²) in [5.41, 5.74) is 7.54. The number of nitrogens with one attached hydrogen (secondary N) is 2. The van der Waals surface area contributed by atoms with Crippen LogP contribution in [0.5, 0.6) is 0 Å². The van der Waals surface area contributed by atoms with Crippen LogP contribution in [0.3, 0.4) is 0 Å². The second kappa shape index (κ2) is 11.8. The molecule has 0 aromatic carbocycles. The molecule has 0 atom stereocenters. The van der Waals surface area contributed by atoms with Crippen LogP contribution in [0.2, 0.25) is 0 Å². The van der Waals surface area contributed by atoms with Gasteiger partial charge in [0.25, 0.3) is 0 Å². The Labute approximate surface area is 94.3 Å². The van der Waals surface area contributed by atoms with E-state index in [4.69, 9.17) is 15.8 Å². The summed E-state index contributed by atoms with van der Waals surface area (Å²) < 4.78 is 4.21. The summed E-state index contributed by atoms with van der Waals surface area (Å²) in [4.78, 5) is 0. The van der Waals surface area contributed by atoms with Crippen molar-refractivity contribution >= 4 is 36.9 Å². The Morgan fingerprint density at radius 3 is 2.42 bits per heavy atom. The molecule has 0 aliphatic carbocycles. The molecular formula is C4H15BN3NaO3. The molecule has 0 fully saturated rings. The van der Waals surface area contributed by atoms with Crippen molar-refractivity contribution in [3.05, 3.63) is 0 Å². The number of nitrogens with two attached hydrogens (primary N) is 1. The Bertz CT molecular complexity index is 89.9. The zero-order valence-corrected chi connectivity index (χ0v) is 6.29. The number of hydrogen-bond donors (Lipinski definition) is 5. The molecule has 0 amide bonds. The Morgan fingerprint density at radius 1 is 1.25 bits per heavy atom. The summed E-state index contributed by atoms with van der Waals surface area (Å²) in [6.45, 7) is 2.49. The van der Waals surface area contributed by atoms with Crippen LogP contribution in [0.4, 0.5) is 0 Å². The molecule has 0 rings (SSSR count). The van der Waals surface area contributed by atoms with Gasteiger partial charge in [-0.15, -0.1) is 0 Å². The molecule has 0 aliphatic heterocycles. The summed E-state index contributed by atoms with van der Waals surface area (Å²) >= 11 is 0. The van der Waals surface area contributed by atoms with Crippen LogP contribution >= 0.6 is 0 Å². The van der Waals surface area contributed by atoms with Crippen molar-refractivity contribution in [2.24, 2.45) is 5.73 Å². The molecule has 0 unspecified atom stereocenters. The van der Waals surface area contributed by atoms with Gasteiger partial charge in [0.15, 0.2) is 0 Å². The third-order valence-corrected chi connectivity index (χ3v) is 0.914. The van der Waals surface area contributed by atoms with Gasteiger partial charge in [0, 0.05) is 26.2 Å². The molecule has 0 aromatic rings. The standard InChI is InChI=1S/C4H14BN3O3.Na.H/c6-1-2-7-3-4-8-11-5(9)10;;/h7-10H,1-4,6H2;;. The molecule has 0 radical (unpaired) electrons. The summed E-state index contributed by atoms with van der Waals surface area (Å²) in [6, 6.07) is 0. The van der Waals surface area contributed by atoms with E-state index < -0.39 is 7.32 Å². The molecule has 0 saturated heterocycles. The van der Waals surface area contributed by atoms with Crippen molar-refractivity contribution in [2.45, 2.75) is 0 Å². The maximum absolute atomic E-state index is 8.19. The Morgan fingerprint density at radius 2 is 1.92 bits per heavy atom. The Balaban J connectivity index is 0. The van der Waals surface area contributed by atoms with Gasteiger partial charge in [-0.1, -0.05) is 0 Å². The van der Waals surface area contributed by atoms with Gasteiger partial charge < -0.3 is 25.9 Å². The third kappa shape index (κ3) is 13.4. The molecule has 8 heteroatoms. The van der Waals surface area contributed by atoms with Gasteiger partial charge in [-0.2, -0.15) is 0 Å². The van der Waals surface area contributed by atoms with E-state index in [-0.39, 0.29) is 29.6 Å². The number of hydroxylamine groups is 1. The first kappa shape index (κ1) is 15.3. The minimum atomic E-state index is -1.76. The molecule has 68 valence electrons. The van der Waals surface area contributed by atoms with Crippen LogP contribution < -0.4 is 16.5 Å². The first-order valence-corrected chi connectivity index (χ1v) is 3.43. The first-order chi connectivity index (χ1) is 5.27. The van der Waals surface area contributed by atoms with E-state index in [1.54, 1.807) is 0 Å². The molecular weight excluding hydrogens is 172 g/mol. The molecule has 0 spiro atoms. The third-order valence-electron chi connectivity index (χ3n) is 0.914. The predicted octanol–water partition coefficient (Wildman–Crippen LogP) is -3.62. The average molecular weight is 187 g/mol. The van der Waals surface area contributed by atoms with Crippen molar-refractivity contribution in [3.63, 3.8) is 0 Å². The summed E-state index contributed by atoms with van der Waals surface area (Å²) in [7, 11) is -1.76. The summed E-state index contributed by atoms with van der Waals surface area (Å²) in [6.07, 6.45) is 0. The van der Waals surface area contributed by atoms with E-state index in [1.165, 1.54) is 0 Å². The number of rotatable bonds is 7. The quantitative estimate of drug-likeness (QED) is 0.160. The minimum absolute atomic E-state index is 0. The second-order valence-corrected chi connectivity index (χ2v) is 1.88. The molecule has 0 saturated carbocycles. The summed E-state index contributed by atoms with van der Waals surface area (Å²) in [5.74, 6) is 0. The molecule has 6 nitrogen and oxygen atoms in total. The Kier molecular flexibility index (Phi) is 15.1. The van der Waals surface area contributed by atoms with Crippen molar-refractivity contribution in [1.82, 2.24) is 10.8 Å². The average Bonchev–Trinajstić information content (AvgIpc) is 1.96. The molecule has 6 N–H and O–H groups in total. The van der Waals surface area contributed by atoms with Gasteiger partial charge in [-0.25, -0.2) is 5.48 Å². The SMILES string of the molecule is NCCNCCNOB(O)O.[NaH]. The van der Waals surface area contributed by atoms with Crippen LogP contribution in [0.15, 0.2) is 0 Å². The molecule has 0 bridgehead atoms. The van der Waals surface area contributed by atoms with Gasteiger partial charge in [-0.3, -0.25) is 0 Å². The van der Waals surface area contributed by atoms with Gasteiger partial charge in [0.05, 0.1) is 0 Å². The topological polar surface area (TPSA) is 99.8 Å². The van der Waals surface area contributed by atoms with Crippen molar-refractivity contribution in [2.75, 3.05) is 26.2 Å². The normalized spacial score (nSPS) is 9.25. The molecule has 0 aliphatic rings. The van der Waals surface area contributed by atoms with Crippen molar-refractivity contribution in [1.29, 1.82) is 0 Å².